The second kappa shape index (κ2) is 5.89. The van der Waals surface area contributed by atoms with Crippen LogP contribution in [0.5, 0.6) is 5.75 Å². The van der Waals surface area contributed by atoms with E-state index in [0.717, 1.165) is 12.3 Å². The Labute approximate surface area is 115 Å². The van der Waals surface area contributed by atoms with Gasteiger partial charge in [-0.15, -0.1) is 0 Å². The topological polar surface area (TPSA) is 21.3 Å². The van der Waals surface area contributed by atoms with Gasteiger partial charge in [0.15, 0.2) is 0 Å². The van der Waals surface area contributed by atoms with Crippen molar-refractivity contribution < 1.29 is 4.74 Å². The van der Waals surface area contributed by atoms with E-state index >= 15 is 0 Å². The van der Waals surface area contributed by atoms with Crippen LogP contribution in [0.15, 0.2) is 36.4 Å². The maximum atomic E-state index is 5.40. The molecule has 0 spiro atoms. The molecule has 0 aliphatic carbocycles. The molecule has 2 rings (SSSR count). The van der Waals surface area contributed by atoms with Gasteiger partial charge in [-0.3, -0.25) is 0 Å². The predicted octanol–water partition coefficient (Wildman–Crippen LogP) is 3.70. The summed E-state index contributed by atoms with van der Waals surface area (Å²) in [6.45, 7) is 5.07. The van der Waals surface area contributed by atoms with E-state index < -0.39 is 0 Å². The molecule has 0 atom stereocenters. The lowest BCUT2D eigenvalue weighted by Gasteiger charge is -2.11. The second-order valence-corrected chi connectivity index (χ2v) is 4.93. The van der Waals surface area contributed by atoms with Crippen LogP contribution in [0.3, 0.4) is 0 Å². The van der Waals surface area contributed by atoms with E-state index in [4.69, 9.17) is 4.74 Å². The predicted molar refractivity (Wildman–Crippen MR) is 80.7 cm³/mol. The zero-order valence-electron chi connectivity index (χ0n) is 12.1. The lowest BCUT2D eigenvalue weighted by Crippen LogP contribution is -2.06. The first-order chi connectivity index (χ1) is 9.13. The number of ether oxygens (including phenoxy) is 1. The Morgan fingerprint density at radius 1 is 0.947 bits per heavy atom. The van der Waals surface area contributed by atoms with Crippen molar-refractivity contribution >= 4 is 0 Å². The third kappa shape index (κ3) is 3.15. The van der Waals surface area contributed by atoms with Crippen LogP contribution < -0.4 is 10.1 Å². The fourth-order valence-electron chi connectivity index (χ4n) is 2.43. The molecule has 0 heterocycles. The zero-order chi connectivity index (χ0) is 13.8. The summed E-state index contributed by atoms with van der Waals surface area (Å²) in [5.41, 5.74) is 6.26. The summed E-state index contributed by atoms with van der Waals surface area (Å²) in [6.07, 6.45) is 0. The van der Waals surface area contributed by atoms with Crippen LogP contribution in [0.25, 0.3) is 11.1 Å². The SMILES string of the molecule is CNCc1cc(-c2cc(C)cc(C)c2)ccc1OC. The van der Waals surface area contributed by atoms with E-state index in [1.807, 2.05) is 13.1 Å². The maximum absolute atomic E-state index is 5.40. The summed E-state index contributed by atoms with van der Waals surface area (Å²) in [5.74, 6) is 0.933. The summed E-state index contributed by atoms with van der Waals surface area (Å²) in [5, 5.41) is 3.18. The van der Waals surface area contributed by atoms with Gasteiger partial charge < -0.3 is 10.1 Å². The van der Waals surface area contributed by atoms with Crippen LogP contribution in [-0.2, 0) is 6.54 Å². The van der Waals surface area contributed by atoms with Gasteiger partial charge in [0.2, 0.25) is 0 Å². The van der Waals surface area contributed by atoms with Crippen molar-refractivity contribution in [2.24, 2.45) is 0 Å². The molecule has 2 aromatic carbocycles. The third-order valence-corrected chi connectivity index (χ3v) is 3.20. The van der Waals surface area contributed by atoms with Gasteiger partial charge in [0.1, 0.15) is 5.75 Å². The minimum atomic E-state index is 0.807. The third-order valence-electron chi connectivity index (χ3n) is 3.20. The molecule has 100 valence electrons. The van der Waals surface area contributed by atoms with Crippen LogP contribution >= 0.6 is 0 Å². The average molecular weight is 255 g/mol. The average Bonchev–Trinajstić information content (AvgIpc) is 2.38. The van der Waals surface area contributed by atoms with Gasteiger partial charge in [-0.2, -0.15) is 0 Å². The summed E-state index contributed by atoms with van der Waals surface area (Å²) >= 11 is 0. The molecule has 0 aliphatic heterocycles. The smallest absolute Gasteiger partial charge is 0.123 e. The number of hydrogen-bond acceptors (Lipinski definition) is 2. The van der Waals surface area contributed by atoms with Gasteiger partial charge in [0.05, 0.1) is 7.11 Å². The molecule has 2 heteroatoms. The monoisotopic (exact) mass is 255 g/mol. The van der Waals surface area contributed by atoms with Crippen LogP contribution in [0.4, 0.5) is 0 Å². The van der Waals surface area contributed by atoms with Gasteiger partial charge in [0, 0.05) is 12.1 Å². The summed E-state index contributed by atoms with van der Waals surface area (Å²) in [4.78, 5) is 0. The highest BCUT2D eigenvalue weighted by Gasteiger charge is 2.06. The molecule has 19 heavy (non-hydrogen) atoms. The molecule has 0 radical (unpaired) electrons. The largest absolute Gasteiger partial charge is 0.496 e. The summed E-state index contributed by atoms with van der Waals surface area (Å²) in [6, 6.07) is 13.0. The molecule has 0 aromatic heterocycles. The Hall–Kier alpha value is -1.80. The van der Waals surface area contributed by atoms with Crippen LogP contribution in [0, 0.1) is 13.8 Å². The van der Waals surface area contributed by atoms with Crippen molar-refractivity contribution in [1.29, 1.82) is 0 Å². The molecule has 0 unspecified atom stereocenters. The summed E-state index contributed by atoms with van der Waals surface area (Å²) < 4.78 is 5.40. The Kier molecular flexibility index (Phi) is 4.23. The van der Waals surface area contributed by atoms with E-state index in [1.165, 1.54) is 27.8 Å². The molecular weight excluding hydrogens is 234 g/mol. The Morgan fingerprint density at radius 2 is 1.63 bits per heavy atom. The van der Waals surface area contributed by atoms with Crippen molar-refractivity contribution in [3.63, 3.8) is 0 Å². The first-order valence-corrected chi connectivity index (χ1v) is 6.54. The molecular formula is C17H21NO. The molecule has 0 bridgehead atoms. The fraction of sp³-hybridized carbons (Fsp3) is 0.294. The van der Waals surface area contributed by atoms with E-state index in [9.17, 15) is 0 Å². The lowest BCUT2D eigenvalue weighted by atomic mass is 9.99. The van der Waals surface area contributed by atoms with E-state index in [0.29, 0.717) is 0 Å². The zero-order valence-corrected chi connectivity index (χ0v) is 12.1. The number of rotatable bonds is 4. The van der Waals surface area contributed by atoms with Gasteiger partial charge in [0.25, 0.3) is 0 Å². The Bertz CT molecular complexity index is 555. The van der Waals surface area contributed by atoms with Crippen molar-refractivity contribution in [2.75, 3.05) is 14.2 Å². The first kappa shape index (κ1) is 13.6. The van der Waals surface area contributed by atoms with Crippen LogP contribution in [-0.4, -0.2) is 14.2 Å². The number of nitrogens with one attached hydrogen (secondary N) is 1. The molecule has 0 saturated carbocycles. The maximum Gasteiger partial charge on any atom is 0.123 e. The number of benzene rings is 2. The van der Waals surface area contributed by atoms with Crippen molar-refractivity contribution in [3.8, 4) is 16.9 Å². The van der Waals surface area contributed by atoms with Gasteiger partial charge in [-0.1, -0.05) is 35.4 Å². The van der Waals surface area contributed by atoms with Crippen LogP contribution in [0.1, 0.15) is 16.7 Å². The van der Waals surface area contributed by atoms with Gasteiger partial charge in [-0.05, 0) is 44.2 Å². The van der Waals surface area contributed by atoms with Gasteiger partial charge >= 0.3 is 0 Å². The number of hydrogen-bond donors (Lipinski definition) is 1. The van der Waals surface area contributed by atoms with E-state index in [-0.39, 0.29) is 0 Å². The molecule has 1 N–H and O–H groups in total. The highest BCUT2D eigenvalue weighted by molar-refractivity contribution is 5.67. The lowest BCUT2D eigenvalue weighted by molar-refractivity contribution is 0.408. The molecule has 0 aliphatic rings. The number of methoxy groups -OCH3 is 1. The fourth-order valence-corrected chi connectivity index (χ4v) is 2.43. The normalized spacial score (nSPS) is 10.5. The molecule has 0 amide bonds. The highest BCUT2D eigenvalue weighted by atomic mass is 16.5. The molecule has 0 fully saturated rings. The van der Waals surface area contributed by atoms with Crippen molar-refractivity contribution in [2.45, 2.75) is 20.4 Å². The quantitative estimate of drug-likeness (QED) is 0.899. The van der Waals surface area contributed by atoms with Crippen LogP contribution in [0.2, 0.25) is 0 Å². The Morgan fingerprint density at radius 3 is 2.21 bits per heavy atom. The number of aryl methyl sites for hydroxylation is 2. The minimum absolute atomic E-state index is 0.807. The second-order valence-electron chi connectivity index (χ2n) is 4.93. The molecule has 2 nitrogen and oxygen atoms in total. The molecule has 2 aromatic rings. The Balaban J connectivity index is 2.47. The van der Waals surface area contributed by atoms with E-state index in [2.05, 4.69) is 49.5 Å². The standard InChI is InChI=1S/C17H21NO/c1-12-7-13(2)9-15(8-12)14-5-6-17(19-4)16(10-14)11-18-3/h5-10,18H,11H2,1-4H3. The minimum Gasteiger partial charge on any atom is -0.496 e. The molecule has 0 saturated heterocycles. The summed E-state index contributed by atoms with van der Waals surface area (Å²) in [7, 11) is 3.66. The van der Waals surface area contributed by atoms with Gasteiger partial charge in [-0.25, -0.2) is 0 Å². The highest BCUT2D eigenvalue weighted by Crippen LogP contribution is 2.28. The van der Waals surface area contributed by atoms with Crippen molar-refractivity contribution in [1.82, 2.24) is 5.32 Å². The van der Waals surface area contributed by atoms with E-state index in [1.54, 1.807) is 7.11 Å². The first-order valence-electron chi connectivity index (χ1n) is 6.54. The van der Waals surface area contributed by atoms with Crippen molar-refractivity contribution in [3.05, 3.63) is 53.1 Å².